The Hall–Kier alpha value is -3.18. The van der Waals surface area contributed by atoms with Crippen LogP contribution < -0.4 is 26.7 Å². The van der Waals surface area contributed by atoms with Crippen molar-refractivity contribution in [1.82, 2.24) is 14.1 Å². The lowest BCUT2D eigenvalue weighted by atomic mass is 9.81. The number of nitrogens with one attached hydrogen (secondary N) is 1. The number of imide groups is 1. The summed E-state index contributed by atoms with van der Waals surface area (Å²) in [6.45, 7) is -0.817. The Kier molecular flexibility index (Phi) is 6.02. The molecule has 11 nitrogen and oxygen atoms in total. The second-order valence-electron chi connectivity index (χ2n) is 7.88. The van der Waals surface area contributed by atoms with Gasteiger partial charge >= 0.3 is 23.0 Å². The second kappa shape index (κ2) is 8.64. The number of aromatic nitrogens is 3. The molecule has 2 heterocycles. The van der Waals surface area contributed by atoms with E-state index < -0.39 is 41.4 Å². The maximum atomic E-state index is 12.9. The first-order valence-corrected chi connectivity index (χ1v) is 10.8. The number of hydrogen-bond donors (Lipinski definition) is 1. The third kappa shape index (κ3) is 4.02. The summed E-state index contributed by atoms with van der Waals surface area (Å²) in [5.74, 6) is -2.82. The number of carbonyl (C=O) groups excluding carboxylic acids is 3. The number of anilines is 1. The number of nitrogens with zero attached hydrogens (tertiary/aromatic N) is 3. The van der Waals surface area contributed by atoms with Crippen molar-refractivity contribution in [3.05, 3.63) is 53.6 Å². The van der Waals surface area contributed by atoms with Crippen LogP contribution in [0.1, 0.15) is 25.7 Å². The van der Waals surface area contributed by atoms with Crippen molar-refractivity contribution in [2.45, 2.75) is 32.2 Å². The molecular formula is C20H18Cl2N4O7. The summed E-state index contributed by atoms with van der Waals surface area (Å²) in [6, 6.07) is 2.43. The molecule has 2 fully saturated rings. The Morgan fingerprint density at radius 3 is 2.21 bits per heavy atom. The molecule has 1 aromatic carbocycles. The lowest BCUT2D eigenvalue weighted by Gasteiger charge is -2.19. The molecule has 2 amide bonds. The number of hydrogen-bond acceptors (Lipinski definition) is 7. The van der Waals surface area contributed by atoms with Crippen molar-refractivity contribution in [2.24, 2.45) is 18.9 Å². The quantitative estimate of drug-likeness (QED) is 0.375. The molecule has 4 rings (SSSR count). The topological polar surface area (TPSA) is 141 Å². The predicted molar refractivity (Wildman–Crippen MR) is 117 cm³/mol. The van der Waals surface area contributed by atoms with Crippen LogP contribution >= 0.6 is 23.2 Å². The van der Waals surface area contributed by atoms with Gasteiger partial charge < -0.3 is 4.74 Å². The first-order valence-electron chi connectivity index (χ1n) is 10.1. The molecule has 33 heavy (non-hydrogen) atoms. The van der Waals surface area contributed by atoms with Crippen LogP contribution in [0.3, 0.4) is 0 Å². The Balaban J connectivity index is 1.63. The molecule has 2 aromatic rings. The molecule has 2 unspecified atom stereocenters. The van der Waals surface area contributed by atoms with Crippen molar-refractivity contribution in [1.29, 1.82) is 0 Å². The minimum Gasteiger partial charge on any atom is -0.424 e. The van der Waals surface area contributed by atoms with Gasteiger partial charge in [0.05, 0.1) is 27.6 Å². The van der Waals surface area contributed by atoms with Gasteiger partial charge in [0, 0.05) is 13.1 Å². The molecule has 13 heteroatoms. The normalized spacial score (nSPS) is 20.2. The number of ether oxygens (including phenoxy) is 1. The summed E-state index contributed by atoms with van der Waals surface area (Å²) in [5.41, 5.74) is -3.00. The number of rotatable bonds is 4. The smallest absolute Gasteiger partial charge is 0.336 e. The Labute approximate surface area is 195 Å². The van der Waals surface area contributed by atoms with E-state index in [0.717, 1.165) is 24.8 Å². The van der Waals surface area contributed by atoms with Gasteiger partial charge in [0.2, 0.25) is 11.8 Å². The SMILES string of the molecule is Cn1c(=O)[nH]c(=O)n(CC(=O)Oc2cc(N3C(=O)C4CCCCC4C3=O)c(Cl)cc2Cl)c1=O. The highest BCUT2D eigenvalue weighted by Gasteiger charge is 2.49. The van der Waals surface area contributed by atoms with Gasteiger partial charge in [-0.05, 0) is 18.9 Å². The van der Waals surface area contributed by atoms with Crippen molar-refractivity contribution in [2.75, 3.05) is 4.90 Å². The van der Waals surface area contributed by atoms with E-state index in [-0.39, 0.29) is 33.3 Å². The minimum atomic E-state index is -1.08. The molecule has 1 aliphatic carbocycles. The van der Waals surface area contributed by atoms with E-state index in [2.05, 4.69) is 0 Å². The molecule has 2 atom stereocenters. The summed E-state index contributed by atoms with van der Waals surface area (Å²) < 4.78 is 6.29. The summed E-state index contributed by atoms with van der Waals surface area (Å²) in [7, 11) is 1.13. The molecule has 0 radical (unpaired) electrons. The highest BCUT2D eigenvalue weighted by molar-refractivity contribution is 6.39. The average Bonchev–Trinajstić information content (AvgIpc) is 3.02. The zero-order valence-electron chi connectivity index (χ0n) is 17.3. The number of amides is 2. The molecule has 2 aliphatic rings. The number of carbonyl (C=O) groups is 3. The van der Waals surface area contributed by atoms with Crippen LogP contribution in [0.5, 0.6) is 5.75 Å². The molecule has 0 bridgehead atoms. The fourth-order valence-electron chi connectivity index (χ4n) is 4.19. The van der Waals surface area contributed by atoms with Crippen LogP contribution in [0.25, 0.3) is 0 Å². The highest BCUT2D eigenvalue weighted by Crippen LogP contribution is 2.44. The number of halogens is 2. The van der Waals surface area contributed by atoms with Gasteiger partial charge in [-0.25, -0.2) is 33.2 Å². The van der Waals surface area contributed by atoms with Crippen LogP contribution in [0.15, 0.2) is 26.5 Å². The fourth-order valence-corrected chi connectivity index (χ4v) is 4.70. The molecule has 1 aromatic heterocycles. The van der Waals surface area contributed by atoms with E-state index >= 15 is 0 Å². The summed E-state index contributed by atoms with van der Waals surface area (Å²) in [6.07, 6.45) is 2.94. The largest absolute Gasteiger partial charge is 0.424 e. The Bertz CT molecular complexity index is 1340. The zero-order valence-corrected chi connectivity index (χ0v) is 18.8. The zero-order chi connectivity index (χ0) is 24.0. The van der Waals surface area contributed by atoms with E-state index in [1.807, 2.05) is 4.98 Å². The van der Waals surface area contributed by atoms with Gasteiger partial charge in [-0.2, -0.15) is 0 Å². The summed E-state index contributed by atoms with van der Waals surface area (Å²) in [5, 5.41) is -0.0683. The van der Waals surface area contributed by atoms with Crippen LogP contribution in [-0.4, -0.2) is 31.9 Å². The highest BCUT2D eigenvalue weighted by atomic mass is 35.5. The molecule has 174 valence electrons. The molecule has 1 saturated carbocycles. The number of fused-ring (bicyclic) bond motifs is 1. The van der Waals surface area contributed by atoms with Gasteiger partial charge in [0.25, 0.3) is 0 Å². The number of esters is 1. The standard InChI is InChI=1S/C20H18Cl2N4O7/c1-24-18(30)23-19(31)25(20(24)32)8-15(27)33-14-7-13(11(21)6-12(14)22)26-16(28)9-4-2-3-5-10(9)17(26)29/h6-7,9-10H,2-5,8H2,1H3,(H,23,30,31). The van der Waals surface area contributed by atoms with Crippen LogP contribution in [0.2, 0.25) is 10.0 Å². The van der Waals surface area contributed by atoms with Gasteiger partial charge in [0.1, 0.15) is 6.54 Å². The molecule has 1 N–H and O–H groups in total. The van der Waals surface area contributed by atoms with E-state index in [1.54, 1.807) is 0 Å². The van der Waals surface area contributed by atoms with E-state index in [1.165, 1.54) is 12.1 Å². The van der Waals surface area contributed by atoms with E-state index in [0.29, 0.717) is 22.0 Å². The minimum absolute atomic E-state index is 0.0193. The van der Waals surface area contributed by atoms with Crippen molar-refractivity contribution in [3.63, 3.8) is 0 Å². The predicted octanol–water partition coefficient (Wildman–Crippen LogP) is 0.827. The summed E-state index contributed by atoms with van der Waals surface area (Å²) in [4.78, 5) is 76.6. The maximum absolute atomic E-state index is 12.9. The van der Waals surface area contributed by atoms with Crippen molar-refractivity contribution >= 4 is 46.7 Å². The second-order valence-corrected chi connectivity index (χ2v) is 8.69. The van der Waals surface area contributed by atoms with E-state index in [9.17, 15) is 28.8 Å². The number of H-pyrrole nitrogens is 1. The van der Waals surface area contributed by atoms with E-state index in [4.69, 9.17) is 27.9 Å². The van der Waals surface area contributed by atoms with Gasteiger partial charge in [-0.15, -0.1) is 0 Å². The third-order valence-electron chi connectivity index (χ3n) is 5.88. The molecule has 1 saturated heterocycles. The average molecular weight is 497 g/mol. The van der Waals surface area contributed by atoms with Crippen LogP contribution in [0.4, 0.5) is 5.69 Å². The van der Waals surface area contributed by atoms with Gasteiger partial charge in [-0.1, -0.05) is 36.0 Å². The fraction of sp³-hybridized carbons (Fsp3) is 0.400. The molecular weight excluding hydrogens is 479 g/mol. The summed E-state index contributed by atoms with van der Waals surface area (Å²) >= 11 is 12.4. The first kappa shape index (κ1) is 23.0. The van der Waals surface area contributed by atoms with Crippen LogP contribution in [-0.2, 0) is 28.0 Å². The first-order chi connectivity index (χ1) is 15.6. The maximum Gasteiger partial charge on any atom is 0.336 e. The van der Waals surface area contributed by atoms with Crippen molar-refractivity contribution in [3.8, 4) is 5.75 Å². The number of benzene rings is 1. The molecule has 0 spiro atoms. The van der Waals surface area contributed by atoms with Crippen molar-refractivity contribution < 1.29 is 19.1 Å². The van der Waals surface area contributed by atoms with Gasteiger partial charge in [-0.3, -0.25) is 14.6 Å². The number of aromatic amines is 1. The Morgan fingerprint density at radius 2 is 1.61 bits per heavy atom. The molecule has 1 aliphatic heterocycles. The third-order valence-corrected chi connectivity index (χ3v) is 6.47. The lowest BCUT2D eigenvalue weighted by Crippen LogP contribution is -2.49. The van der Waals surface area contributed by atoms with Crippen LogP contribution in [0, 0.1) is 11.8 Å². The van der Waals surface area contributed by atoms with Gasteiger partial charge in [0.15, 0.2) is 5.75 Å². The Morgan fingerprint density at radius 1 is 1.00 bits per heavy atom. The monoisotopic (exact) mass is 496 g/mol. The lowest BCUT2D eigenvalue weighted by molar-refractivity contribution is -0.135.